The van der Waals surface area contributed by atoms with E-state index in [0.717, 1.165) is 5.56 Å². The highest BCUT2D eigenvalue weighted by atomic mass is 35.5. The molecule has 7 nitrogen and oxygen atoms in total. The number of fused-ring (bicyclic) bond motifs is 1. The third-order valence-electron chi connectivity index (χ3n) is 4.45. The van der Waals surface area contributed by atoms with Crippen LogP contribution in [0.4, 0.5) is 11.5 Å². The molecule has 1 aromatic heterocycles. The molecule has 1 atom stereocenters. The fourth-order valence-electron chi connectivity index (χ4n) is 3.04. The van der Waals surface area contributed by atoms with Crippen LogP contribution in [0.3, 0.4) is 0 Å². The van der Waals surface area contributed by atoms with E-state index in [1.165, 1.54) is 12.3 Å². The zero-order valence-corrected chi connectivity index (χ0v) is 16.3. The number of aromatic nitrogens is 2. The molecule has 146 valence electrons. The average molecular weight is 429 g/mol. The monoisotopic (exact) mass is 428 g/mol. The van der Waals surface area contributed by atoms with E-state index >= 15 is 0 Å². The number of carboxylic acids is 1. The summed E-state index contributed by atoms with van der Waals surface area (Å²) in [6.07, 6.45) is 2.91. The molecule has 0 radical (unpaired) electrons. The molecule has 3 aromatic rings. The van der Waals surface area contributed by atoms with Crippen molar-refractivity contribution in [3.8, 4) is 0 Å². The van der Waals surface area contributed by atoms with Crippen LogP contribution in [0.1, 0.15) is 22.0 Å². The number of benzene rings is 2. The summed E-state index contributed by atoms with van der Waals surface area (Å²) in [6, 6.07) is 13.3. The van der Waals surface area contributed by atoms with Crippen molar-refractivity contribution in [3.05, 3.63) is 87.7 Å². The predicted octanol–water partition coefficient (Wildman–Crippen LogP) is 4.43. The summed E-state index contributed by atoms with van der Waals surface area (Å²) in [7, 11) is 0. The molecule has 0 unspecified atom stereocenters. The first kappa shape index (κ1) is 19.0. The van der Waals surface area contributed by atoms with Gasteiger partial charge < -0.3 is 15.7 Å². The maximum Gasteiger partial charge on any atom is 0.352 e. The SMILES string of the molecule is O=C(O)C1=C[C@@H](c2ccc(Cl)cc2)n2ncc(C(=O)Nc3ccccc3Cl)c2N1. The number of hydrogen-bond donors (Lipinski definition) is 3. The Labute approximate surface area is 175 Å². The van der Waals surface area contributed by atoms with Crippen molar-refractivity contribution < 1.29 is 14.7 Å². The van der Waals surface area contributed by atoms with Gasteiger partial charge in [0, 0.05) is 5.02 Å². The van der Waals surface area contributed by atoms with Gasteiger partial charge in [-0.3, -0.25) is 4.79 Å². The van der Waals surface area contributed by atoms with Crippen LogP contribution >= 0.6 is 23.2 Å². The Balaban J connectivity index is 1.73. The second-order valence-electron chi connectivity index (χ2n) is 6.29. The molecule has 9 heteroatoms. The van der Waals surface area contributed by atoms with Gasteiger partial charge >= 0.3 is 5.97 Å². The second-order valence-corrected chi connectivity index (χ2v) is 7.14. The quantitative estimate of drug-likeness (QED) is 0.571. The number of aliphatic carboxylic acids is 1. The highest BCUT2D eigenvalue weighted by molar-refractivity contribution is 6.34. The summed E-state index contributed by atoms with van der Waals surface area (Å²) >= 11 is 12.1. The minimum atomic E-state index is -1.14. The van der Waals surface area contributed by atoms with Crippen LogP contribution in [0.5, 0.6) is 0 Å². The fourth-order valence-corrected chi connectivity index (χ4v) is 3.34. The van der Waals surface area contributed by atoms with Crippen LogP contribution in [0.2, 0.25) is 10.0 Å². The first-order valence-corrected chi connectivity index (χ1v) is 9.30. The van der Waals surface area contributed by atoms with Crippen molar-refractivity contribution >= 4 is 46.6 Å². The predicted molar refractivity (Wildman–Crippen MR) is 111 cm³/mol. The minimum absolute atomic E-state index is 0.0512. The van der Waals surface area contributed by atoms with Crippen molar-refractivity contribution in [1.29, 1.82) is 0 Å². The zero-order valence-electron chi connectivity index (χ0n) is 14.8. The largest absolute Gasteiger partial charge is 0.477 e. The molecule has 29 heavy (non-hydrogen) atoms. The number of anilines is 2. The van der Waals surface area contributed by atoms with Crippen LogP contribution in [0, 0.1) is 0 Å². The molecular formula is C20H14Cl2N4O3. The van der Waals surface area contributed by atoms with Gasteiger partial charge in [0.05, 0.1) is 22.9 Å². The smallest absolute Gasteiger partial charge is 0.352 e. The van der Waals surface area contributed by atoms with Crippen LogP contribution in [0.25, 0.3) is 0 Å². The maximum atomic E-state index is 12.8. The van der Waals surface area contributed by atoms with Crippen LogP contribution in [-0.2, 0) is 4.79 Å². The molecule has 3 N–H and O–H groups in total. The standard InChI is InChI=1S/C20H14Cl2N4O3/c21-12-7-5-11(6-8-12)17-9-16(20(28)29)24-18-13(10-23-26(17)18)19(27)25-15-4-2-1-3-14(15)22/h1-10,17,24H,(H,25,27)(H,28,29)/t17-/m0/s1. The number of carbonyl (C=O) groups excluding carboxylic acids is 1. The summed E-state index contributed by atoms with van der Waals surface area (Å²) in [5.74, 6) is -1.34. The van der Waals surface area contributed by atoms with E-state index in [0.29, 0.717) is 15.7 Å². The Kier molecular flexibility index (Phi) is 5.00. The lowest BCUT2D eigenvalue weighted by atomic mass is 10.0. The molecule has 0 spiro atoms. The van der Waals surface area contributed by atoms with Crippen LogP contribution in [-0.4, -0.2) is 26.8 Å². The van der Waals surface area contributed by atoms with E-state index in [1.807, 2.05) is 0 Å². The Bertz CT molecular complexity index is 1140. The molecule has 4 rings (SSSR count). The molecule has 0 bridgehead atoms. The summed E-state index contributed by atoms with van der Waals surface area (Å²) in [6.45, 7) is 0. The number of amides is 1. The summed E-state index contributed by atoms with van der Waals surface area (Å²) in [5.41, 5.74) is 1.36. The number of hydrogen-bond acceptors (Lipinski definition) is 4. The summed E-state index contributed by atoms with van der Waals surface area (Å²) in [4.78, 5) is 24.5. The van der Waals surface area contributed by atoms with E-state index in [-0.39, 0.29) is 17.1 Å². The molecular weight excluding hydrogens is 415 g/mol. The van der Waals surface area contributed by atoms with Gasteiger partial charge in [-0.05, 0) is 35.9 Å². The van der Waals surface area contributed by atoms with Gasteiger partial charge in [0.1, 0.15) is 17.1 Å². The number of carbonyl (C=O) groups is 2. The van der Waals surface area contributed by atoms with E-state index in [4.69, 9.17) is 23.2 Å². The summed E-state index contributed by atoms with van der Waals surface area (Å²) in [5, 5.41) is 20.3. The fraction of sp³-hybridized carbons (Fsp3) is 0.0500. The molecule has 0 fully saturated rings. The van der Waals surface area contributed by atoms with Crippen molar-refractivity contribution in [2.75, 3.05) is 10.6 Å². The molecule has 1 amide bonds. The van der Waals surface area contributed by atoms with Gasteiger partial charge in [-0.15, -0.1) is 0 Å². The lowest BCUT2D eigenvalue weighted by Crippen LogP contribution is -2.25. The van der Waals surface area contributed by atoms with E-state index in [2.05, 4.69) is 15.7 Å². The normalized spacial score (nSPS) is 15.1. The number of halogens is 2. The highest BCUT2D eigenvalue weighted by Crippen LogP contribution is 2.33. The first-order chi connectivity index (χ1) is 13.9. The third-order valence-corrected chi connectivity index (χ3v) is 5.03. The Morgan fingerprint density at radius 2 is 1.83 bits per heavy atom. The third kappa shape index (κ3) is 3.70. The number of rotatable bonds is 4. The highest BCUT2D eigenvalue weighted by Gasteiger charge is 2.29. The van der Waals surface area contributed by atoms with Crippen molar-refractivity contribution in [2.45, 2.75) is 6.04 Å². The lowest BCUT2D eigenvalue weighted by molar-refractivity contribution is -0.132. The topological polar surface area (TPSA) is 96.2 Å². The van der Waals surface area contributed by atoms with Crippen molar-refractivity contribution in [1.82, 2.24) is 9.78 Å². The molecule has 1 aliphatic heterocycles. The molecule has 2 aromatic carbocycles. The van der Waals surface area contributed by atoms with Gasteiger partial charge in [-0.25, -0.2) is 9.48 Å². The zero-order chi connectivity index (χ0) is 20.5. The molecule has 1 aliphatic rings. The van der Waals surface area contributed by atoms with Crippen LogP contribution < -0.4 is 10.6 Å². The molecule has 0 saturated heterocycles. The maximum absolute atomic E-state index is 12.8. The molecule has 0 aliphatic carbocycles. The van der Waals surface area contributed by atoms with Gasteiger partial charge in [0.2, 0.25) is 0 Å². The molecule has 2 heterocycles. The average Bonchev–Trinajstić information content (AvgIpc) is 3.14. The van der Waals surface area contributed by atoms with Crippen LogP contribution in [0.15, 0.2) is 66.5 Å². The van der Waals surface area contributed by atoms with E-state index in [9.17, 15) is 14.7 Å². The Morgan fingerprint density at radius 1 is 1.10 bits per heavy atom. The Morgan fingerprint density at radius 3 is 2.52 bits per heavy atom. The number of carboxylic acid groups (broad SMARTS) is 1. The number of nitrogens with one attached hydrogen (secondary N) is 2. The second kappa shape index (κ2) is 7.62. The number of nitrogens with zero attached hydrogens (tertiary/aromatic N) is 2. The number of allylic oxidation sites excluding steroid dienone is 1. The van der Waals surface area contributed by atoms with Gasteiger partial charge in [-0.1, -0.05) is 47.5 Å². The summed E-state index contributed by atoms with van der Waals surface area (Å²) < 4.78 is 1.55. The number of para-hydroxylation sites is 1. The molecule has 0 saturated carbocycles. The first-order valence-electron chi connectivity index (χ1n) is 8.55. The van der Waals surface area contributed by atoms with Gasteiger partial charge in [0.25, 0.3) is 5.91 Å². The van der Waals surface area contributed by atoms with Gasteiger partial charge in [-0.2, -0.15) is 5.10 Å². The Hall–Kier alpha value is -3.29. The van der Waals surface area contributed by atoms with Crippen molar-refractivity contribution in [3.63, 3.8) is 0 Å². The minimum Gasteiger partial charge on any atom is -0.477 e. The van der Waals surface area contributed by atoms with E-state index < -0.39 is 17.9 Å². The van der Waals surface area contributed by atoms with E-state index in [1.54, 1.807) is 53.2 Å². The van der Waals surface area contributed by atoms with Crippen molar-refractivity contribution in [2.24, 2.45) is 0 Å². The van der Waals surface area contributed by atoms with Gasteiger partial charge in [0.15, 0.2) is 0 Å². The lowest BCUT2D eigenvalue weighted by Gasteiger charge is -2.24.